The Labute approximate surface area is 91.8 Å². The lowest BCUT2D eigenvalue weighted by molar-refractivity contribution is -0.139. The van der Waals surface area contributed by atoms with Crippen molar-refractivity contribution in [1.29, 1.82) is 0 Å². The summed E-state index contributed by atoms with van der Waals surface area (Å²) in [6.45, 7) is 9.31. The molecular formula is C11H22N2O2. The number of carbonyl (C=O) groups excluding carboxylic acids is 2. The van der Waals surface area contributed by atoms with E-state index in [0.717, 1.165) is 12.8 Å². The summed E-state index contributed by atoms with van der Waals surface area (Å²) in [5.74, 6) is -1.07. The molecule has 0 saturated heterocycles. The highest BCUT2D eigenvalue weighted by molar-refractivity contribution is 6.35. The Hall–Kier alpha value is -1.06. The van der Waals surface area contributed by atoms with E-state index in [1.807, 2.05) is 6.92 Å². The number of nitrogens with one attached hydrogen (secondary N) is 2. The maximum absolute atomic E-state index is 11.2. The molecule has 15 heavy (non-hydrogen) atoms. The third kappa shape index (κ3) is 7.97. The van der Waals surface area contributed by atoms with Gasteiger partial charge in [0.15, 0.2) is 0 Å². The van der Waals surface area contributed by atoms with E-state index < -0.39 is 11.8 Å². The van der Waals surface area contributed by atoms with E-state index in [9.17, 15) is 9.59 Å². The molecule has 4 heteroatoms. The molecule has 0 rings (SSSR count). The van der Waals surface area contributed by atoms with E-state index in [1.54, 1.807) is 0 Å². The van der Waals surface area contributed by atoms with E-state index in [1.165, 1.54) is 0 Å². The molecule has 0 atom stereocenters. The Kier molecular flexibility index (Phi) is 5.97. The molecule has 0 unspecified atom stereocenters. The van der Waals surface area contributed by atoms with Crippen molar-refractivity contribution >= 4 is 11.8 Å². The quantitative estimate of drug-likeness (QED) is 0.688. The van der Waals surface area contributed by atoms with Crippen molar-refractivity contribution in [3.63, 3.8) is 0 Å². The Morgan fingerprint density at radius 3 is 1.87 bits per heavy atom. The molecular weight excluding hydrogens is 192 g/mol. The second-order valence-electron chi connectivity index (χ2n) is 4.82. The van der Waals surface area contributed by atoms with Gasteiger partial charge < -0.3 is 10.6 Å². The minimum Gasteiger partial charge on any atom is -0.348 e. The number of hydrogen-bond donors (Lipinski definition) is 2. The van der Waals surface area contributed by atoms with Crippen LogP contribution < -0.4 is 10.6 Å². The smallest absolute Gasteiger partial charge is 0.309 e. The van der Waals surface area contributed by atoms with Crippen LogP contribution in [0.25, 0.3) is 0 Å². The number of rotatable bonds is 4. The van der Waals surface area contributed by atoms with E-state index in [2.05, 4.69) is 31.4 Å². The first kappa shape index (κ1) is 13.9. The summed E-state index contributed by atoms with van der Waals surface area (Å²) in [7, 11) is 0. The average Bonchev–Trinajstić information content (AvgIpc) is 2.11. The van der Waals surface area contributed by atoms with Crippen LogP contribution in [0.5, 0.6) is 0 Å². The molecule has 0 radical (unpaired) electrons. The summed E-state index contributed by atoms with van der Waals surface area (Å²) in [6, 6.07) is 0. The summed E-state index contributed by atoms with van der Waals surface area (Å²) < 4.78 is 0. The van der Waals surface area contributed by atoms with Crippen molar-refractivity contribution in [2.45, 2.75) is 40.5 Å². The normalized spacial score (nSPS) is 10.9. The van der Waals surface area contributed by atoms with Crippen molar-refractivity contribution in [2.24, 2.45) is 5.41 Å². The molecule has 0 heterocycles. The van der Waals surface area contributed by atoms with Gasteiger partial charge in [-0.15, -0.1) is 0 Å². The predicted molar refractivity (Wildman–Crippen MR) is 60.4 cm³/mol. The summed E-state index contributed by atoms with van der Waals surface area (Å²) in [5, 5.41) is 5.13. The van der Waals surface area contributed by atoms with Crippen molar-refractivity contribution in [3.05, 3.63) is 0 Å². The fourth-order valence-corrected chi connectivity index (χ4v) is 0.950. The predicted octanol–water partition coefficient (Wildman–Crippen LogP) is 1.06. The Morgan fingerprint density at radius 1 is 1.00 bits per heavy atom. The monoisotopic (exact) mass is 214 g/mol. The van der Waals surface area contributed by atoms with Crippen molar-refractivity contribution in [2.75, 3.05) is 13.1 Å². The lowest BCUT2D eigenvalue weighted by Crippen LogP contribution is -2.41. The summed E-state index contributed by atoms with van der Waals surface area (Å²) in [6.07, 6.45) is 1.70. The minimum absolute atomic E-state index is 0.174. The van der Waals surface area contributed by atoms with Gasteiger partial charge in [0.2, 0.25) is 0 Å². The lowest BCUT2D eigenvalue weighted by Gasteiger charge is -2.17. The van der Waals surface area contributed by atoms with Gasteiger partial charge in [-0.2, -0.15) is 0 Å². The maximum Gasteiger partial charge on any atom is 0.309 e. The van der Waals surface area contributed by atoms with Gasteiger partial charge >= 0.3 is 11.8 Å². The van der Waals surface area contributed by atoms with Gasteiger partial charge in [0.05, 0.1) is 0 Å². The molecule has 88 valence electrons. The highest BCUT2D eigenvalue weighted by atomic mass is 16.2. The molecule has 2 amide bonds. The van der Waals surface area contributed by atoms with Gasteiger partial charge in [0.1, 0.15) is 0 Å². The first-order valence-corrected chi connectivity index (χ1v) is 5.43. The highest BCUT2D eigenvalue weighted by Crippen LogP contribution is 2.16. The van der Waals surface area contributed by atoms with Crippen LogP contribution in [-0.4, -0.2) is 24.9 Å². The number of hydrogen-bond acceptors (Lipinski definition) is 2. The van der Waals surface area contributed by atoms with Crippen molar-refractivity contribution < 1.29 is 9.59 Å². The molecule has 4 nitrogen and oxygen atoms in total. The van der Waals surface area contributed by atoms with Crippen LogP contribution in [0.15, 0.2) is 0 Å². The molecule has 0 aromatic carbocycles. The van der Waals surface area contributed by atoms with E-state index in [0.29, 0.717) is 13.1 Å². The Morgan fingerprint density at radius 2 is 1.47 bits per heavy atom. The molecule has 0 saturated carbocycles. The van der Waals surface area contributed by atoms with Crippen LogP contribution in [0.1, 0.15) is 40.5 Å². The number of carbonyl (C=O) groups is 2. The zero-order valence-corrected chi connectivity index (χ0v) is 10.1. The Bertz CT molecular complexity index is 219. The Balaban J connectivity index is 3.70. The van der Waals surface area contributed by atoms with E-state index in [-0.39, 0.29) is 5.41 Å². The number of amides is 2. The summed E-state index contributed by atoms with van der Waals surface area (Å²) >= 11 is 0. The minimum atomic E-state index is -0.536. The van der Waals surface area contributed by atoms with Gasteiger partial charge in [-0.05, 0) is 18.3 Å². The molecule has 0 aliphatic carbocycles. The molecule has 2 N–H and O–H groups in total. The molecule has 0 spiro atoms. The molecule has 0 fully saturated rings. The fraction of sp³-hybridized carbons (Fsp3) is 0.818. The maximum atomic E-state index is 11.2. The van der Waals surface area contributed by atoms with Gasteiger partial charge in [-0.3, -0.25) is 9.59 Å². The third-order valence-corrected chi connectivity index (χ3v) is 1.90. The van der Waals surface area contributed by atoms with Crippen molar-refractivity contribution in [3.8, 4) is 0 Å². The van der Waals surface area contributed by atoms with Gasteiger partial charge in [0.25, 0.3) is 0 Å². The molecule has 0 aromatic rings. The van der Waals surface area contributed by atoms with Crippen LogP contribution in [0.2, 0.25) is 0 Å². The summed E-state index contributed by atoms with van der Waals surface area (Å²) in [5.41, 5.74) is 0.174. The largest absolute Gasteiger partial charge is 0.348 e. The van der Waals surface area contributed by atoms with Gasteiger partial charge in [-0.25, -0.2) is 0 Å². The van der Waals surface area contributed by atoms with Crippen molar-refractivity contribution in [1.82, 2.24) is 10.6 Å². The van der Waals surface area contributed by atoms with Crippen LogP contribution in [-0.2, 0) is 9.59 Å². The van der Waals surface area contributed by atoms with Crippen LogP contribution in [0, 0.1) is 5.41 Å². The third-order valence-electron chi connectivity index (χ3n) is 1.90. The average molecular weight is 214 g/mol. The second-order valence-corrected chi connectivity index (χ2v) is 4.82. The van der Waals surface area contributed by atoms with Crippen LogP contribution in [0.4, 0.5) is 0 Å². The zero-order chi connectivity index (χ0) is 11.9. The molecule has 0 aliphatic rings. The second kappa shape index (κ2) is 6.43. The topological polar surface area (TPSA) is 58.2 Å². The van der Waals surface area contributed by atoms with E-state index >= 15 is 0 Å². The van der Waals surface area contributed by atoms with Crippen LogP contribution in [0.3, 0.4) is 0 Å². The van der Waals surface area contributed by atoms with Gasteiger partial charge in [0, 0.05) is 13.1 Å². The van der Waals surface area contributed by atoms with Crippen LogP contribution >= 0.6 is 0 Å². The molecule has 0 aromatic heterocycles. The molecule has 0 aliphatic heterocycles. The fourth-order valence-electron chi connectivity index (χ4n) is 0.950. The zero-order valence-electron chi connectivity index (χ0n) is 10.1. The highest BCUT2D eigenvalue weighted by Gasteiger charge is 2.14. The SMILES string of the molecule is CCCNC(=O)C(=O)NCCC(C)(C)C. The standard InChI is InChI=1S/C11H22N2O2/c1-5-7-12-9(14)10(15)13-8-6-11(2,3)4/h5-8H2,1-4H3,(H,12,14)(H,13,15). The first-order chi connectivity index (χ1) is 6.87. The summed E-state index contributed by atoms with van der Waals surface area (Å²) in [4.78, 5) is 22.3. The lowest BCUT2D eigenvalue weighted by atomic mass is 9.92. The van der Waals surface area contributed by atoms with Gasteiger partial charge in [-0.1, -0.05) is 27.7 Å². The molecule has 0 bridgehead atoms. The first-order valence-electron chi connectivity index (χ1n) is 5.43. The van der Waals surface area contributed by atoms with E-state index in [4.69, 9.17) is 0 Å².